The number of nitrogens with two attached hydrogens (primary N) is 1. The smallest absolute Gasteiger partial charge is 0.336 e. The molecule has 1 aromatic carbocycles. The molecule has 0 aliphatic carbocycles. The van der Waals surface area contributed by atoms with Crippen molar-refractivity contribution in [2.45, 2.75) is 0 Å². The Labute approximate surface area is 121 Å². The van der Waals surface area contributed by atoms with Crippen molar-refractivity contribution in [2.75, 3.05) is 5.73 Å². The van der Waals surface area contributed by atoms with Gasteiger partial charge in [0.05, 0.1) is 9.13 Å². The number of carbonyl (C=O) groups is 1. The van der Waals surface area contributed by atoms with E-state index in [1.54, 1.807) is 0 Å². The molecule has 1 aromatic rings. The maximum atomic E-state index is 10.8. The third-order valence-corrected chi connectivity index (χ3v) is 6.83. The number of carboxylic acids is 1. The first-order chi connectivity index (χ1) is 5.95. The number of halogens is 3. The van der Waals surface area contributed by atoms with E-state index < -0.39 is 5.97 Å². The number of nitrogen functional groups attached to an aromatic ring is 1. The molecule has 0 amide bonds. The largest absolute Gasteiger partial charge is 0.478 e. The number of carboxylic acid groups (broad SMARTS) is 1. The molecule has 0 spiro atoms. The van der Waals surface area contributed by atoms with Crippen LogP contribution in [0.25, 0.3) is 0 Å². The average Bonchev–Trinajstić information content (AvgIpc) is 2.07. The van der Waals surface area contributed by atoms with Crippen LogP contribution in [0.2, 0.25) is 0 Å². The Balaban J connectivity index is 0.00000169. The number of hydrogen-bond acceptors (Lipinski definition) is 2. The van der Waals surface area contributed by atoms with Crippen molar-refractivity contribution in [3.63, 3.8) is 0 Å². The van der Waals surface area contributed by atoms with Gasteiger partial charge in [-0.1, -0.05) is 0 Å². The number of hydrogen-bond donors (Lipinski definition) is 2. The van der Waals surface area contributed by atoms with E-state index in [1.807, 2.05) is 22.6 Å². The summed E-state index contributed by atoms with van der Waals surface area (Å²) in [5, 5.41) is 8.84. The normalized spacial score (nSPS) is 9.36. The van der Waals surface area contributed by atoms with E-state index >= 15 is 0 Å². The van der Waals surface area contributed by atoms with E-state index in [1.165, 1.54) is 6.07 Å². The zero-order valence-corrected chi connectivity index (χ0v) is 13.1. The van der Waals surface area contributed by atoms with Crippen LogP contribution in [0.5, 0.6) is 0 Å². The molecular weight excluding hydrogens is 527 g/mol. The van der Waals surface area contributed by atoms with Crippen molar-refractivity contribution in [2.24, 2.45) is 0 Å². The number of rotatable bonds is 1. The van der Waals surface area contributed by atoms with Crippen molar-refractivity contribution in [3.05, 3.63) is 22.3 Å². The fourth-order valence-electron chi connectivity index (χ4n) is 0.779. The number of anilines is 1. The standard InChI is InChI=1S/C7H4I3NO2.H2O/c8-4-2(7(12)13)1-3(11)5(9)6(4)10;/h1H,11H2,(H,12,13);1H2. The highest BCUT2D eigenvalue weighted by molar-refractivity contribution is 14.1. The Morgan fingerprint density at radius 1 is 1.21 bits per heavy atom. The van der Waals surface area contributed by atoms with E-state index in [0.717, 1.165) is 10.7 Å². The van der Waals surface area contributed by atoms with Crippen molar-refractivity contribution < 1.29 is 15.4 Å². The highest BCUT2D eigenvalue weighted by atomic mass is 127. The van der Waals surface area contributed by atoms with E-state index in [4.69, 9.17) is 10.8 Å². The molecule has 4 nitrogen and oxygen atoms in total. The van der Waals surface area contributed by atoms with E-state index in [-0.39, 0.29) is 11.0 Å². The molecule has 0 radical (unpaired) electrons. The summed E-state index contributed by atoms with van der Waals surface area (Å²) in [4.78, 5) is 10.8. The molecule has 0 heterocycles. The second-order valence-electron chi connectivity index (χ2n) is 2.26. The van der Waals surface area contributed by atoms with Crippen LogP contribution in [0, 0.1) is 10.7 Å². The van der Waals surface area contributed by atoms with Gasteiger partial charge in [0, 0.05) is 12.8 Å². The van der Waals surface area contributed by atoms with Gasteiger partial charge >= 0.3 is 5.97 Å². The Morgan fingerprint density at radius 3 is 2.14 bits per heavy atom. The van der Waals surface area contributed by atoms with Gasteiger partial charge in [-0.15, -0.1) is 0 Å². The summed E-state index contributed by atoms with van der Waals surface area (Å²) in [6.45, 7) is 0. The van der Waals surface area contributed by atoms with Crippen LogP contribution in [0.1, 0.15) is 10.4 Å². The summed E-state index contributed by atoms with van der Waals surface area (Å²) in [5.74, 6) is -0.939. The summed E-state index contributed by atoms with van der Waals surface area (Å²) >= 11 is 6.21. The van der Waals surface area contributed by atoms with Gasteiger partial charge in [-0.25, -0.2) is 4.79 Å². The molecule has 0 aliphatic rings. The molecule has 0 unspecified atom stereocenters. The van der Waals surface area contributed by atoms with E-state index in [9.17, 15) is 4.79 Å². The predicted molar refractivity (Wildman–Crippen MR) is 79.6 cm³/mol. The van der Waals surface area contributed by atoms with Gasteiger partial charge in [0.1, 0.15) is 0 Å². The average molecular weight is 533 g/mol. The number of benzene rings is 1. The van der Waals surface area contributed by atoms with Gasteiger partial charge in [0.15, 0.2) is 0 Å². The van der Waals surface area contributed by atoms with Gasteiger partial charge in [-0.05, 0) is 73.8 Å². The summed E-state index contributed by atoms with van der Waals surface area (Å²) in [6.07, 6.45) is 0. The molecule has 0 atom stereocenters. The molecule has 78 valence electrons. The molecular formula is C7H6I3NO3. The van der Waals surface area contributed by atoms with Gasteiger partial charge in [-0.2, -0.15) is 0 Å². The molecule has 0 saturated heterocycles. The lowest BCUT2D eigenvalue weighted by Crippen LogP contribution is -2.05. The van der Waals surface area contributed by atoms with E-state index in [2.05, 4.69) is 45.2 Å². The van der Waals surface area contributed by atoms with Gasteiger partial charge in [0.25, 0.3) is 0 Å². The zero-order valence-electron chi connectivity index (χ0n) is 6.64. The Morgan fingerprint density at radius 2 is 1.71 bits per heavy atom. The van der Waals surface area contributed by atoms with Crippen molar-refractivity contribution in [3.8, 4) is 0 Å². The zero-order chi connectivity index (χ0) is 10.2. The van der Waals surface area contributed by atoms with Crippen molar-refractivity contribution >= 4 is 79.4 Å². The molecule has 1 rings (SSSR count). The predicted octanol–water partition coefficient (Wildman–Crippen LogP) is 1.96. The molecule has 0 aromatic heterocycles. The van der Waals surface area contributed by atoms with Crippen LogP contribution >= 0.6 is 67.8 Å². The molecule has 0 aliphatic heterocycles. The van der Waals surface area contributed by atoms with Crippen LogP contribution in [-0.2, 0) is 0 Å². The Bertz CT molecular complexity index is 381. The second kappa shape index (κ2) is 5.65. The quantitative estimate of drug-likeness (QED) is 0.329. The molecule has 7 heteroatoms. The minimum Gasteiger partial charge on any atom is -0.478 e. The first-order valence-corrected chi connectivity index (χ1v) is 6.35. The molecule has 5 N–H and O–H groups in total. The lowest BCUT2D eigenvalue weighted by atomic mass is 10.2. The van der Waals surface area contributed by atoms with Crippen LogP contribution in [-0.4, -0.2) is 16.6 Å². The fourth-order valence-corrected chi connectivity index (χ4v) is 2.98. The molecule has 0 fully saturated rings. The lowest BCUT2D eigenvalue weighted by Gasteiger charge is -2.06. The van der Waals surface area contributed by atoms with Gasteiger partial charge in [-0.3, -0.25) is 0 Å². The first kappa shape index (κ1) is 14.6. The van der Waals surface area contributed by atoms with Crippen LogP contribution < -0.4 is 5.73 Å². The summed E-state index contributed by atoms with van der Waals surface area (Å²) < 4.78 is 2.55. The summed E-state index contributed by atoms with van der Waals surface area (Å²) in [6, 6.07) is 1.49. The maximum Gasteiger partial charge on any atom is 0.336 e. The van der Waals surface area contributed by atoms with Gasteiger partial charge in [0.2, 0.25) is 0 Å². The van der Waals surface area contributed by atoms with Crippen LogP contribution in [0.15, 0.2) is 6.07 Å². The number of aromatic carboxylic acids is 1. The van der Waals surface area contributed by atoms with Crippen LogP contribution in [0.4, 0.5) is 5.69 Å². The highest BCUT2D eigenvalue weighted by Crippen LogP contribution is 2.29. The van der Waals surface area contributed by atoms with Crippen molar-refractivity contribution in [1.82, 2.24) is 0 Å². The monoisotopic (exact) mass is 533 g/mol. The van der Waals surface area contributed by atoms with Crippen molar-refractivity contribution in [1.29, 1.82) is 0 Å². The third-order valence-electron chi connectivity index (χ3n) is 1.41. The van der Waals surface area contributed by atoms with Crippen LogP contribution in [0.3, 0.4) is 0 Å². The van der Waals surface area contributed by atoms with Gasteiger partial charge < -0.3 is 16.3 Å². The highest BCUT2D eigenvalue weighted by Gasteiger charge is 2.15. The minimum atomic E-state index is -0.939. The van der Waals surface area contributed by atoms with E-state index in [0.29, 0.717) is 5.69 Å². The second-order valence-corrected chi connectivity index (χ2v) is 5.50. The SMILES string of the molecule is Nc1cc(C(=O)O)c(I)c(I)c1I.O. The lowest BCUT2D eigenvalue weighted by molar-refractivity contribution is 0.0695. The molecule has 0 saturated carbocycles. The molecule has 14 heavy (non-hydrogen) atoms. The maximum absolute atomic E-state index is 10.8. The summed E-state index contributed by atoms with van der Waals surface area (Å²) in [5.41, 5.74) is 6.43. The topological polar surface area (TPSA) is 94.8 Å². The first-order valence-electron chi connectivity index (χ1n) is 3.11. The Hall–Kier alpha value is 0.640. The fraction of sp³-hybridized carbons (Fsp3) is 0. The third kappa shape index (κ3) is 2.82. The summed E-state index contributed by atoms with van der Waals surface area (Å²) in [7, 11) is 0. The minimum absolute atomic E-state index is 0. The molecule has 0 bridgehead atoms. The Kier molecular flexibility index (Phi) is 5.91.